The van der Waals surface area contributed by atoms with E-state index in [2.05, 4.69) is 5.32 Å². The zero-order valence-electron chi connectivity index (χ0n) is 12.4. The van der Waals surface area contributed by atoms with Gasteiger partial charge in [-0.05, 0) is 35.8 Å². The minimum Gasteiger partial charge on any atom is -0.392 e. The number of alkyl halides is 2. The first-order valence-electron chi connectivity index (χ1n) is 7.76. The first kappa shape index (κ1) is 15.4. The third-order valence-electron chi connectivity index (χ3n) is 4.92. The molecule has 0 aromatic heterocycles. The average Bonchev–Trinajstić information content (AvgIpc) is 2.42. The summed E-state index contributed by atoms with van der Waals surface area (Å²) < 4.78 is 25.8. The molecular formula is C17H21F2NO2. The predicted molar refractivity (Wildman–Crippen MR) is 78.4 cm³/mol. The second kappa shape index (κ2) is 5.61. The molecule has 1 aromatic carbocycles. The van der Waals surface area contributed by atoms with Gasteiger partial charge in [0.25, 0.3) is 0 Å². The van der Waals surface area contributed by atoms with Crippen molar-refractivity contribution in [2.75, 3.05) is 6.54 Å². The van der Waals surface area contributed by atoms with Crippen molar-refractivity contribution in [3.8, 4) is 0 Å². The minimum atomic E-state index is -2.50. The standard InChI is InChI=1S/C17H21F2NO2/c18-17(19)10-16(11-17)7-14(8-16)15(22)20-6-5-12-1-3-13(9-21)4-2-12/h1-4,14,21H,5-11H2,(H,20,22). The molecule has 0 saturated heterocycles. The van der Waals surface area contributed by atoms with Crippen LogP contribution in [-0.2, 0) is 17.8 Å². The molecule has 0 atom stereocenters. The molecule has 2 saturated carbocycles. The van der Waals surface area contributed by atoms with E-state index in [1.54, 1.807) is 0 Å². The van der Waals surface area contributed by atoms with Crippen molar-refractivity contribution in [2.45, 2.75) is 44.6 Å². The summed E-state index contributed by atoms with van der Waals surface area (Å²) in [5.74, 6) is -2.59. The molecule has 0 bridgehead atoms. The Balaban J connectivity index is 1.37. The molecule has 0 heterocycles. The summed E-state index contributed by atoms with van der Waals surface area (Å²) >= 11 is 0. The molecule has 2 aliphatic rings. The molecule has 3 rings (SSSR count). The lowest BCUT2D eigenvalue weighted by molar-refractivity contribution is -0.207. The maximum atomic E-state index is 12.9. The van der Waals surface area contributed by atoms with Crippen LogP contribution >= 0.6 is 0 Å². The van der Waals surface area contributed by atoms with Gasteiger partial charge in [-0.2, -0.15) is 0 Å². The summed E-state index contributed by atoms with van der Waals surface area (Å²) in [6.45, 7) is 0.580. The highest BCUT2D eigenvalue weighted by atomic mass is 19.3. The topological polar surface area (TPSA) is 49.3 Å². The van der Waals surface area contributed by atoms with Crippen molar-refractivity contribution < 1.29 is 18.7 Å². The van der Waals surface area contributed by atoms with E-state index in [0.29, 0.717) is 19.4 Å². The number of hydrogen-bond acceptors (Lipinski definition) is 2. The van der Waals surface area contributed by atoms with Crippen molar-refractivity contribution in [3.05, 3.63) is 35.4 Å². The zero-order chi connectivity index (χ0) is 15.8. The van der Waals surface area contributed by atoms with E-state index in [1.165, 1.54) is 0 Å². The second-order valence-electron chi connectivity index (χ2n) is 6.83. The van der Waals surface area contributed by atoms with E-state index in [9.17, 15) is 13.6 Å². The first-order chi connectivity index (χ1) is 10.4. The van der Waals surface area contributed by atoms with Crippen LogP contribution in [0.15, 0.2) is 24.3 Å². The monoisotopic (exact) mass is 309 g/mol. The van der Waals surface area contributed by atoms with Crippen molar-refractivity contribution in [1.82, 2.24) is 5.32 Å². The van der Waals surface area contributed by atoms with Gasteiger partial charge in [0.1, 0.15) is 0 Å². The van der Waals surface area contributed by atoms with E-state index < -0.39 is 5.92 Å². The Bertz CT molecular complexity index is 540. The number of halogens is 2. The lowest BCUT2D eigenvalue weighted by Gasteiger charge is -2.56. The van der Waals surface area contributed by atoms with E-state index in [1.807, 2.05) is 24.3 Å². The summed E-state index contributed by atoms with van der Waals surface area (Å²) in [6, 6.07) is 7.60. The van der Waals surface area contributed by atoms with E-state index in [4.69, 9.17) is 5.11 Å². The van der Waals surface area contributed by atoms with Gasteiger partial charge in [0, 0.05) is 25.3 Å². The van der Waals surface area contributed by atoms with Crippen molar-refractivity contribution in [3.63, 3.8) is 0 Å². The van der Waals surface area contributed by atoms with Crippen LogP contribution in [0.5, 0.6) is 0 Å². The zero-order valence-corrected chi connectivity index (χ0v) is 12.4. The van der Waals surface area contributed by atoms with E-state index >= 15 is 0 Å². The third-order valence-corrected chi connectivity index (χ3v) is 4.92. The van der Waals surface area contributed by atoms with Gasteiger partial charge < -0.3 is 10.4 Å². The number of carbonyl (C=O) groups is 1. The van der Waals surface area contributed by atoms with Crippen LogP contribution in [0, 0.1) is 11.3 Å². The summed E-state index contributed by atoms with van der Waals surface area (Å²) in [4.78, 5) is 12.0. The number of aliphatic hydroxyl groups is 1. The number of aliphatic hydroxyl groups excluding tert-OH is 1. The first-order valence-corrected chi connectivity index (χ1v) is 7.76. The van der Waals surface area contributed by atoms with Gasteiger partial charge in [-0.3, -0.25) is 4.79 Å². The summed E-state index contributed by atoms with van der Waals surface area (Å²) in [7, 11) is 0. The van der Waals surface area contributed by atoms with Crippen molar-refractivity contribution in [2.24, 2.45) is 11.3 Å². The summed E-state index contributed by atoms with van der Waals surface area (Å²) in [5.41, 5.74) is 1.72. The van der Waals surface area contributed by atoms with Gasteiger partial charge >= 0.3 is 0 Å². The number of hydrogen-bond donors (Lipinski definition) is 2. The van der Waals surface area contributed by atoms with Crippen LogP contribution in [-0.4, -0.2) is 23.5 Å². The molecule has 1 amide bonds. The van der Waals surface area contributed by atoms with Gasteiger partial charge in [-0.25, -0.2) is 8.78 Å². The number of benzene rings is 1. The Kier molecular flexibility index (Phi) is 3.93. The van der Waals surface area contributed by atoms with Gasteiger partial charge in [0.2, 0.25) is 11.8 Å². The Morgan fingerprint density at radius 1 is 1.18 bits per heavy atom. The molecule has 0 aliphatic heterocycles. The number of amides is 1. The molecule has 2 N–H and O–H groups in total. The molecule has 22 heavy (non-hydrogen) atoms. The molecular weight excluding hydrogens is 288 g/mol. The van der Waals surface area contributed by atoms with Gasteiger partial charge in [-0.1, -0.05) is 24.3 Å². The van der Waals surface area contributed by atoms with E-state index in [-0.39, 0.29) is 36.7 Å². The smallest absolute Gasteiger partial charge is 0.249 e. The second-order valence-corrected chi connectivity index (χ2v) is 6.83. The van der Waals surface area contributed by atoms with Crippen molar-refractivity contribution in [1.29, 1.82) is 0 Å². The predicted octanol–water partition coefficient (Wildman–Crippen LogP) is 2.66. The average molecular weight is 309 g/mol. The van der Waals surface area contributed by atoms with Crippen LogP contribution < -0.4 is 5.32 Å². The maximum Gasteiger partial charge on any atom is 0.249 e. The fourth-order valence-electron chi connectivity index (χ4n) is 3.79. The lowest BCUT2D eigenvalue weighted by atomic mass is 9.50. The van der Waals surface area contributed by atoms with Crippen LogP contribution in [0.2, 0.25) is 0 Å². The Hall–Kier alpha value is -1.49. The molecule has 1 spiro atoms. The van der Waals surface area contributed by atoms with Crippen LogP contribution in [0.25, 0.3) is 0 Å². The fraction of sp³-hybridized carbons (Fsp3) is 0.588. The summed E-state index contributed by atoms with van der Waals surface area (Å²) in [5, 5.41) is 11.9. The fourth-order valence-corrected chi connectivity index (χ4v) is 3.79. The molecule has 0 unspecified atom stereocenters. The molecule has 120 valence electrons. The molecule has 1 aromatic rings. The normalized spacial score (nSPS) is 22.0. The highest BCUT2D eigenvalue weighted by Gasteiger charge is 2.62. The maximum absolute atomic E-state index is 12.9. The third kappa shape index (κ3) is 3.14. The molecule has 2 aliphatic carbocycles. The largest absolute Gasteiger partial charge is 0.392 e. The van der Waals surface area contributed by atoms with E-state index in [0.717, 1.165) is 17.5 Å². The number of nitrogens with one attached hydrogen (secondary N) is 1. The van der Waals surface area contributed by atoms with Crippen LogP contribution in [0.1, 0.15) is 36.8 Å². The van der Waals surface area contributed by atoms with Gasteiger partial charge in [0.15, 0.2) is 0 Å². The Morgan fingerprint density at radius 3 is 2.32 bits per heavy atom. The lowest BCUT2D eigenvalue weighted by Crippen LogP contribution is -2.56. The molecule has 0 radical (unpaired) electrons. The quantitative estimate of drug-likeness (QED) is 0.878. The minimum absolute atomic E-state index is 0.00665. The highest BCUT2D eigenvalue weighted by Crippen LogP contribution is 2.64. The van der Waals surface area contributed by atoms with Crippen LogP contribution in [0.4, 0.5) is 8.78 Å². The van der Waals surface area contributed by atoms with Gasteiger partial charge in [0.05, 0.1) is 6.61 Å². The molecule has 2 fully saturated rings. The van der Waals surface area contributed by atoms with Crippen LogP contribution in [0.3, 0.4) is 0 Å². The Morgan fingerprint density at radius 2 is 1.77 bits per heavy atom. The van der Waals surface area contributed by atoms with Crippen molar-refractivity contribution >= 4 is 5.91 Å². The summed E-state index contributed by atoms with van der Waals surface area (Å²) in [6.07, 6.45) is 1.87. The number of carbonyl (C=O) groups excluding carboxylic acids is 1. The van der Waals surface area contributed by atoms with Gasteiger partial charge in [-0.15, -0.1) is 0 Å². The SMILES string of the molecule is O=C(NCCc1ccc(CO)cc1)C1CC2(C1)CC(F)(F)C2. The molecule has 5 heteroatoms. The Labute approximate surface area is 128 Å². The number of rotatable bonds is 5. The highest BCUT2D eigenvalue weighted by molar-refractivity contribution is 5.79. The molecule has 3 nitrogen and oxygen atoms in total.